The highest BCUT2D eigenvalue weighted by atomic mass is 32.1. The minimum atomic E-state index is -0.291. The lowest BCUT2D eigenvalue weighted by Crippen LogP contribution is -2.19. The molecule has 0 spiro atoms. The van der Waals surface area contributed by atoms with Crippen LogP contribution >= 0.6 is 11.3 Å². The minimum Gasteiger partial charge on any atom is -0.339 e. The summed E-state index contributed by atoms with van der Waals surface area (Å²) in [6, 6.07) is 18.1. The van der Waals surface area contributed by atoms with Crippen LogP contribution in [0, 0.1) is 12.7 Å². The molecule has 0 saturated carbocycles. The number of fused-ring (bicyclic) bond motifs is 3. The molecule has 0 fully saturated rings. The predicted molar refractivity (Wildman–Crippen MR) is 116 cm³/mol. The number of rotatable bonds is 2. The molecule has 1 aliphatic heterocycles. The summed E-state index contributed by atoms with van der Waals surface area (Å²) in [5, 5.41) is 10.3. The molecular formula is C24H16FN3OS. The smallest absolute Gasteiger partial charge is 0.192 e. The molecule has 2 aromatic heterocycles. The topological polar surface area (TPSA) is 46.9 Å². The number of thiophene rings is 1. The zero-order valence-corrected chi connectivity index (χ0v) is 16.8. The molecule has 2 aromatic carbocycles. The Labute approximate surface area is 176 Å². The number of carbonyl (C=O) groups is 1. The number of hydrogen-bond donors (Lipinski definition) is 1. The van der Waals surface area contributed by atoms with Crippen molar-refractivity contribution in [3.05, 3.63) is 105 Å². The molecule has 4 nitrogen and oxygen atoms in total. The summed E-state index contributed by atoms with van der Waals surface area (Å²) in [6.07, 6.45) is 0. The molecule has 1 N–H and O–H groups in total. The molecule has 0 unspecified atom stereocenters. The summed E-state index contributed by atoms with van der Waals surface area (Å²) < 4.78 is 15.3. The van der Waals surface area contributed by atoms with Gasteiger partial charge < -0.3 is 5.32 Å². The van der Waals surface area contributed by atoms with E-state index in [0.717, 1.165) is 50.0 Å². The van der Waals surface area contributed by atoms with E-state index in [2.05, 4.69) is 11.4 Å². The van der Waals surface area contributed by atoms with Gasteiger partial charge in [-0.2, -0.15) is 5.10 Å². The van der Waals surface area contributed by atoms with Crippen molar-refractivity contribution in [3.63, 3.8) is 0 Å². The van der Waals surface area contributed by atoms with Crippen molar-refractivity contribution < 1.29 is 9.18 Å². The van der Waals surface area contributed by atoms with Crippen molar-refractivity contribution in [2.75, 3.05) is 5.32 Å². The van der Waals surface area contributed by atoms with E-state index in [-0.39, 0.29) is 17.5 Å². The molecule has 1 aliphatic carbocycles. The maximum Gasteiger partial charge on any atom is 0.192 e. The van der Waals surface area contributed by atoms with Crippen molar-refractivity contribution >= 4 is 28.6 Å². The SMILES string of the molecule is Cc1nn(-c2ccc(F)cc2)c2c1[C@H](c1cccs1)C1=C(N2)c2ccccc2C1=O. The van der Waals surface area contributed by atoms with E-state index in [4.69, 9.17) is 5.10 Å². The molecule has 0 amide bonds. The third-order valence-corrected chi connectivity index (χ3v) is 6.72. The third kappa shape index (κ3) is 2.31. The number of halogens is 1. The molecule has 2 aliphatic rings. The van der Waals surface area contributed by atoms with Crippen LogP contribution in [0.3, 0.4) is 0 Å². The lowest BCUT2D eigenvalue weighted by atomic mass is 9.85. The summed E-state index contributed by atoms with van der Waals surface area (Å²) in [4.78, 5) is 14.5. The maximum atomic E-state index is 13.5. The molecule has 30 heavy (non-hydrogen) atoms. The van der Waals surface area contributed by atoms with Crippen LogP contribution in [0.1, 0.15) is 38.0 Å². The number of Topliss-reactive ketones (excluding diaryl/α,β-unsaturated/α-hetero) is 1. The van der Waals surface area contributed by atoms with Gasteiger partial charge in [0.15, 0.2) is 5.78 Å². The Bertz CT molecular complexity index is 1350. The first-order chi connectivity index (χ1) is 14.6. The second-order valence-electron chi connectivity index (χ2n) is 7.47. The Hall–Kier alpha value is -3.51. The van der Waals surface area contributed by atoms with Gasteiger partial charge in [-0.15, -0.1) is 11.3 Å². The lowest BCUT2D eigenvalue weighted by Gasteiger charge is -2.26. The van der Waals surface area contributed by atoms with Crippen molar-refractivity contribution in [1.82, 2.24) is 9.78 Å². The van der Waals surface area contributed by atoms with Crippen LogP contribution in [0.2, 0.25) is 0 Å². The molecule has 0 saturated heterocycles. The van der Waals surface area contributed by atoms with Crippen LogP contribution in [0.15, 0.2) is 71.6 Å². The van der Waals surface area contributed by atoms with Gasteiger partial charge in [0.2, 0.25) is 0 Å². The normalized spacial score (nSPS) is 16.9. The lowest BCUT2D eigenvalue weighted by molar-refractivity contribution is 0.103. The molecule has 0 radical (unpaired) electrons. The van der Waals surface area contributed by atoms with Crippen LogP contribution in [0.4, 0.5) is 10.2 Å². The Balaban J connectivity index is 1.62. The van der Waals surface area contributed by atoms with Gasteiger partial charge in [-0.3, -0.25) is 4.79 Å². The van der Waals surface area contributed by atoms with E-state index in [1.807, 2.05) is 42.6 Å². The first-order valence-electron chi connectivity index (χ1n) is 9.67. The first kappa shape index (κ1) is 17.4. The number of hydrogen-bond acceptors (Lipinski definition) is 4. The van der Waals surface area contributed by atoms with E-state index in [1.54, 1.807) is 28.2 Å². The van der Waals surface area contributed by atoms with E-state index >= 15 is 0 Å². The number of aryl methyl sites for hydroxylation is 1. The van der Waals surface area contributed by atoms with Crippen molar-refractivity contribution in [3.8, 4) is 5.69 Å². The summed E-state index contributed by atoms with van der Waals surface area (Å²) >= 11 is 1.64. The number of nitrogens with zero attached hydrogens (tertiary/aromatic N) is 2. The van der Waals surface area contributed by atoms with Crippen LogP contribution in [-0.4, -0.2) is 15.6 Å². The molecule has 4 aromatic rings. The summed E-state index contributed by atoms with van der Waals surface area (Å²) in [5.41, 5.74) is 5.84. The van der Waals surface area contributed by atoms with Gasteiger partial charge in [-0.05, 0) is 42.6 Å². The van der Waals surface area contributed by atoms with E-state index in [9.17, 15) is 9.18 Å². The maximum absolute atomic E-state index is 13.5. The van der Waals surface area contributed by atoms with Gasteiger partial charge in [0, 0.05) is 27.1 Å². The number of aromatic nitrogens is 2. The number of nitrogens with one attached hydrogen (secondary N) is 1. The Morgan fingerprint density at radius 3 is 2.53 bits per heavy atom. The standard InChI is InChI=1S/C24H16FN3OS/c1-13-19-20(18-7-4-12-30-18)21-22(16-5-2-3-6-17(16)23(21)29)26-24(19)28(27-13)15-10-8-14(25)9-11-15/h2-12,20,26H,1H3/t20-/m0/s1. The van der Waals surface area contributed by atoms with Crippen LogP contribution < -0.4 is 5.32 Å². The van der Waals surface area contributed by atoms with Crippen molar-refractivity contribution in [2.45, 2.75) is 12.8 Å². The van der Waals surface area contributed by atoms with E-state index < -0.39 is 0 Å². The van der Waals surface area contributed by atoms with Crippen LogP contribution in [0.25, 0.3) is 11.4 Å². The van der Waals surface area contributed by atoms with Crippen LogP contribution in [-0.2, 0) is 0 Å². The fraction of sp³-hybridized carbons (Fsp3) is 0.0833. The zero-order chi connectivity index (χ0) is 20.4. The Morgan fingerprint density at radius 2 is 1.80 bits per heavy atom. The van der Waals surface area contributed by atoms with Gasteiger partial charge in [-0.1, -0.05) is 30.3 Å². The molecule has 3 heterocycles. The molecule has 146 valence electrons. The summed E-state index contributed by atoms with van der Waals surface area (Å²) in [5.74, 6) is 0.401. The highest BCUT2D eigenvalue weighted by Crippen LogP contribution is 2.51. The average molecular weight is 413 g/mol. The van der Waals surface area contributed by atoms with Gasteiger partial charge in [0.05, 0.1) is 23.0 Å². The average Bonchev–Trinajstić information content (AvgIpc) is 3.47. The van der Waals surface area contributed by atoms with Gasteiger partial charge in [-0.25, -0.2) is 9.07 Å². The molecule has 6 rings (SSSR count). The van der Waals surface area contributed by atoms with Gasteiger partial charge in [0.25, 0.3) is 0 Å². The Kier molecular flexibility index (Phi) is 3.61. The summed E-state index contributed by atoms with van der Waals surface area (Å²) in [6.45, 7) is 1.96. The second kappa shape index (κ2) is 6.24. The Morgan fingerprint density at radius 1 is 1.03 bits per heavy atom. The summed E-state index contributed by atoms with van der Waals surface area (Å²) in [7, 11) is 0. The van der Waals surface area contributed by atoms with Crippen molar-refractivity contribution in [2.24, 2.45) is 0 Å². The van der Waals surface area contributed by atoms with E-state index in [0.29, 0.717) is 0 Å². The minimum absolute atomic E-state index is 0.0612. The molecule has 1 atom stereocenters. The highest BCUT2D eigenvalue weighted by Gasteiger charge is 2.43. The predicted octanol–water partition coefficient (Wildman–Crippen LogP) is 5.55. The number of benzene rings is 2. The fourth-order valence-corrected chi connectivity index (χ4v) is 5.33. The third-order valence-electron chi connectivity index (χ3n) is 5.78. The van der Waals surface area contributed by atoms with Crippen molar-refractivity contribution in [1.29, 1.82) is 0 Å². The second-order valence-corrected chi connectivity index (χ2v) is 8.45. The highest BCUT2D eigenvalue weighted by molar-refractivity contribution is 7.10. The van der Waals surface area contributed by atoms with Gasteiger partial charge >= 0.3 is 0 Å². The number of ketones is 1. The first-order valence-corrected chi connectivity index (χ1v) is 10.6. The number of anilines is 1. The van der Waals surface area contributed by atoms with Gasteiger partial charge in [0.1, 0.15) is 11.6 Å². The number of carbonyl (C=O) groups excluding carboxylic acids is 1. The molecule has 0 bridgehead atoms. The molecular weight excluding hydrogens is 397 g/mol. The monoisotopic (exact) mass is 413 g/mol. The quantitative estimate of drug-likeness (QED) is 0.469. The largest absolute Gasteiger partial charge is 0.339 e. The number of allylic oxidation sites excluding steroid dienone is 1. The fourth-order valence-electron chi connectivity index (χ4n) is 4.49. The molecule has 6 heteroatoms. The van der Waals surface area contributed by atoms with Crippen LogP contribution in [0.5, 0.6) is 0 Å². The zero-order valence-electron chi connectivity index (χ0n) is 16.0. The van der Waals surface area contributed by atoms with E-state index in [1.165, 1.54) is 12.1 Å².